The topological polar surface area (TPSA) is 66.8 Å². The van der Waals surface area contributed by atoms with Gasteiger partial charge in [0.15, 0.2) is 6.04 Å². The third-order valence-corrected chi connectivity index (χ3v) is 2.63. The molecule has 20 heavy (non-hydrogen) atoms. The number of ether oxygens (including phenoxy) is 1. The molecule has 0 saturated carbocycles. The van der Waals surface area contributed by atoms with Crippen LogP contribution >= 0.6 is 0 Å². The molecule has 1 atom stereocenters. The molecule has 1 N–H and O–H groups in total. The average molecular weight is 279 g/mol. The lowest BCUT2D eigenvalue weighted by Crippen LogP contribution is -2.42. The van der Waals surface area contributed by atoms with Crippen molar-refractivity contribution in [3.8, 4) is 0 Å². The molecule has 5 heteroatoms. The van der Waals surface area contributed by atoms with Crippen LogP contribution in [0.5, 0.6) is 0 Å². The molecule has 0 unspecified atom stereocenters. The molecule has 1 rings (SSSR count). The van der Waals surface area contributed by atoms with Crippen LogP contribution in [0.15, 0.2) is 30.3 Å². The Morgan fingerprint density at radius 1 is 1.25 bits per heavy atom. The van der Waals surface area contributed by atoms with Crippen LogP contribution in [-0.4, -0.2) is 34.2 Å². The Morgan fingerprint density at radius 3 is 2.20 bits per heavy atom. The van der Waals surface area contributed by atoms with E-state index in [9.17, 15) is 14.7 Å². The van der Waals surface area contributed by atoms with E-state index in [2.05, 4.69) is 0 Å². The molecule has 0 fully saturated rings. The van der Waals surface area contributed by atoms with Crippen molar-refractivity contribution in [3.05, 3.63) is 35.9 Å². The zero-order valence-electron chi connectivity index (χ0n) is 12.3. The molecule has 0 aliphatic rings. The predicted octanol–water partition coefficient (Wildman–Crippen LogP) is 3.07. The summed E-state index contributed by atoms with van der Waals surface area (Å²) in [5, 5.41) is 9.43. The number of aliphatic carboxylic acids is 1. The number of carbonyl (C=O) groups is 2. The number of amides is 1. The van der Waals surface area contributed by atoms with Crippen LogP contribution in [0, 0.1) is 0 Å². The maximum atomic E-state index is 12.1. The number of benzene rings is 1. The van der Waals surface area contributed by atoms with E-state index in [0.717, 1.165) is 0 Å². The van der Waals surface area contributed by atoms with Crippen molar-refractivity contribution in [2.24, 2.45) is 0 Å². The molecular weight excluding hydrogens is 258 g/mol. The van der Waals surface area contributed by atoms with Crippen molar-refractivity contribution in [1.82, 2.24) is 4.90 Å². The Morgan fingerprint density at radius 2 is 1.80 bits per heavy atom. The Balaban J connectivity index is 3.05. The number of rotatable bonds is 4. The number of hydrogen-bond donors (Lipinski definition) is 1. The largest absolute Gasteiger partial charge is 0.479 e. The van der Waals surface area contributed by atoms with E-state index in [-0.39, 0.29) is 6.54 Å². The van der Waals surface area contributed by atoms with Gasteiger partial charge in [-0.05, 0) is 33.3 Å². The zero-order valence-corrected chi connectivity index (χ0v) is 12.3. The lowest BCUT2D eigenvalue weighted by Gasteiger charge is -2.30. The number of carboxylic acids is 1. The van der Waals surface area contributed by atoms with Gasteiger partial charge in [0.25, 0.3) is 0 Å². The summed E-state index contributed by atoms with van der Waals surface area (Å²) >= 11 is 0. The van der Waals surface area contributed by atoms with Crippen molar-refractivity contribution in [1.29, 1.82) is 0 Å². The van der Waals surface area contributed by atoms with Gasteiger partial charge in [-0.1, -0.05) is 30.3 Å². The van der Waals surface area contributed by atoms with Crippen LogP contribution in [0.4, 0.5) is 4.79 Å². The first kappa shape index (κ1) is 16.0. The molecule has 0 bridgehead atoms. The second-order valence-electron chi connectivity index (χ2n) is 5.42. The number of nitrogens with zero attached hydrogens (tertiary/aromatic N) is 1. The van der Waals surface area contributed by atoms with Gasteiger partial charge in [0, 0.05) is 6.54 Å². The molecule has 0 aromatic heterocycles. The average Bonchev–Trinajstić information content (AvgIpc) is 2.33. The summed E-state index contributed by atoms with van der Waals surface area (Å²) in [6.07, 6.45) is -0.628. The lowest BCUT2D eigenvalue weighted by atomic mass is 10.1. The van der Waals surface area contributed by atoms with Crippen molar-refractivity contribution >= 4 is 12.1 Å². The SMILES string of the molecule is CCN(C(=O)OC(C)(C)C)[C@@H](C(=O)O)c1ccccc1. The summed E-state index contributed by atoms with van der Waals surface area (Å²) in [6.45, 7) is 7.22. The standard InChI is InChI=1S/C15H21NO4/c1-5-16(14(19)20-15(2,3)4)12(13(17)18)11-9-7-6-8-10-11/h6-10,12H,5H2,1-4H3,(H,17,18)/t12-/m1/s1. The second kappa shape index (κ2) is 6.41. The zero-order chi connectivity index (χ0) is 15.3. The molecule has 0 aliphatic carbocycles. The third kappa shape index (κ3) is 4.26. The van der Waals surface area contributed by atoms with Crippen molar-refractivity contribution < 1.29 is 19.4 Å². The van der Waals surface area contributed by atoms with Gasteiger partial charge >= 0.3 is 12.1 Å². The van der Waals surface area contributed by atoms with Crippen LogP contribution in [0.3, 0.4) is 0 Å². The monoisotopic (exact) mass is 279 g/mol. The van der Waals surface area contributed by atoms with E-state index >= 15 is 0 Å². The molecule has 0 spiro atoms. The number of hydrogen-bond acceptors (Lipinski definition) is 3. The molecule has 110 valence electrons. The van der Waals surface area contributed by atoms with Crippen molar-refractivity contribution in [2.75, 3.05) is 6.54 Å². The Labute approximate surface area is 119 Å². The fraction of sp³-hybridized carbons (Fsp3) is 0.467. The highest BCUT2D eigenvalue weighted by molar-refractivity contribution is 5.81. The van der Waals surface area contributed by atoms with Crippen molar-refractivity contribution in [2.45, 2.75) is 39.3 Å². The number of carboxylic acid groups (broad SMARTS) is 1. The van der Waals surface area contributed by atoms with Crippen LogP contribution in [0.1, 0.15) is 39.3 Å². The summed E-state index contributed by atoms with van der Waals surface area (Å²) in [4.78, 5) is 24.9. The van der Waals surface area contributed by atoms with Gasteiger partial charge < -0.3 is 9.84 Å². The van der Waals surface area contributed by atoms with Gasteiger partial charge in [-0.3, -0.25) is 4.90 Å². The summed E-state index contributed by atoms with van der Waals surface area (Å²) in [7, 11) is 0. The molecule has 1 aromatic rings. The fourth-order valence-electron chi connectivity index (χ4n) is 1.83. The van der Waals surface area contributed by atoms with Gasteiger partial charge in [-0.2, -0.15) is 0 Å². The minimum absolute atomic E-state index is 0.251. The number of likely N-dealkylation sites (N-methyl/N-ethyl adjacent to an activating group) is 1. The summed E-state index contributed by atoms with van der Waals surface area (Å²) in [5.74, 6) is -1.08. The maximum Gasteiger partial charge on any atom is 0.411 e. The molecule has 0 saturated heterocycles. The van der Waals surface area contributed by atoms with Gasteiger partial charge in [-0.15, -0.1) is 0 Å². The van der Waals surface area contributed by atoms with Crippen LogP contribution < -0.4 is 0 Å². The molecule has 0 heterocycles. The van der Waals surface area contributed by atoms with E-state index in [4.69, 9.17) is 4.74 Å². The highest BCUT2D eigenvalue weighted by Crippen LogP contribution is 2.23. The van der Waals surface area contributed by atoms with E-state index in [1.807, 2.05) is 0 Å². The van der Waals surface area contributed by atoms with Gasteiger partial charge in [0.1, 0.15) is 5.60 Å². The van der Waals surface area contributed by atoms with E-state index < -0.39 is 23.7 Å². The molecule has 5 nitrogen and oxygen atoms in total. The fourth-order valence-corrected chi connectivity index (χ4v) is 1.83. The normalized spacial score (nSPS) is 12.6. The van der Waals surface area contributed by atoms with Gasteiger partial charge in [0.05, 0.1) is 0 Å². The first-order chi connectivity index (χ1) is 9.26. The smallest absolute Gasteiger partial charge is 0.411 e. The van der Waals surface area contributed by atoms with Crippen LogP contribution in [0.2, 0.25) is 0 Å². The van der Waals surface area contributed by atoms with E-state index in [0.29, 0.717) is 5.56 Å². The Hall–Kier alpha value is -2.04. The molecule has 0 radical (unpaired) electrons. The molecular formula is C15H21NO4. The quantitative estimate of drug-likeness (QED) is 0.919. The first-order valence-electron chi connectivity index (χ1n) is 6.53. The lowest BCUT2D eigenvalue weighted by molar-refractivity contribution is -0.143. The summed E-state index contributed by atoms with van der Waals surface area (Å²) in [6, 6.07) is 7.61. The number of carbonyl (C=O) groups excluding carboxylic acids is 1. The molecule has 1 aromatic carbocycles. The van der Waals surface area contributed by atoms with Crippen molar-refractivity contribution in [3.63, 3.8) is 0 Å². The van der Waals surface area contributed by atoms with E-state index in [1.54, 1.807) is 58.0 Å². The molecule has 1 amide bonds. The third-order valence-electron chi connectivity index (χ3n) is 2.63. The highest BCUT2D eigenvalue weighted by Gasteiger charge is 2.32. The Kier molecular flexibility index (Phi) is 5.13. The van der Waals surface area contributed by atoms with E-state index in [1.165, 1.54) is 4.90 Å². The van der Waals surface area contributed by atoms with Gasteiger partial charge in [0.2, 0.25) is 0 Å². The minimum Gasteiger partial charge on any atom is -0.479 e. The second-order valence-corrected chi connectivity index (χ2v) is 5.42. The predicted molar refractivity (Wildman–Crippen MR) is 75.4 cm³/mol. The van der Waals surface area contributed by atoms with Crippen LogP contribution in [-0.2, 0) is 9.53 Å². The Bertz CT molecular complexity index is 465. The maximum absolute atomic E-state index is 12.1. The minimum atomic E-state index is -1.08. The summed E-state index contributed by atoms with van der Waals surface area (Å²) < 4.78 is 5.27. The van der Waals surface area contributed by atoms with Gasteiger partial charge in [-0.25, -0.2) is 9.59 Å². The highest BCUT2D eigenvalue weighted by atomic mass is 16.6. The first-order valence-corrected chi connectivity index (χ1v) is 6.53. The van der Waals surface area contributed by atoms with Crippen LogP contribution in [0.25, 0.3) is 0 Å². The molecule has 0 aliphatic heterocycles. The summed E-state index contributed by atoms with van der Waals surface area (Å²) in [5.41, 5.74) is -0.114.